The van der Waals surface area contributed by atoms with Gasteiger partial charge in [-0.15, -0.1) is 0 Å². The van der Waals surface area contributed by atoms with Crippen molar-refractivity contribution >= 4 is 22.9 Å². The Morgan fingerprint density at radius 2 is 1.96 bits per heavy atom. The number of nitrogens with one attached hydrogen (secondary N) is 1. The number of hydrogen-bond acceptors (Lipinski definition) is 5. The maximum atomic E-state index is 12.2. The fraction of sp³-hybridized carbons (Fsp3) is 0.474. The highest BCUT2D eigenvalue weighted by Gasteiger charge is 2.15. The molecular formula is C19H25N3O4. The van der Waals surface area contributed by atoms with Crippen molar-refractivity contribution in [1.82, 2.24) is 14.9 Å². The molecule has 7 heteroatoms. The second-order valence-corrected chi connectivity index (χ2v) is 6.63. The van der Waals surface area contributed by atoms with E-state index in [1.807, 2.05) is 27.7 Å². The third kappa shape index (κ3) is 4.28. The minimum absolute atomic E-state index is 0.000164. The number of carbonyl (C=O) groups is 2. The summed E-state index contributed by atoms with van der Waals surface area (Å²) in [7, 11) is 0. The van der Waals surface area contributed by atoms with Gasteiger partial charge in [0.1, 0.15) is 5.69 Å². The van der Waals surface area contributed by atoms with E-state index in [4.69, 9.17) is 4.74 Å². The van der Waals surface area contributed by atoms with Crippen molar-refractivity contribution in [2.75, 3.05) is 6.61 Å². The van der Waals surface area contributed by atoms with Gasteiger partial charge in [0, 0.05) is 12.6 Å². The monoisotopic (exact) mass is 359 g/mol. The largest absolute Gasteiger partial charge is 0.452 e. The van der Waals surface area contributed by atoms with Crippen LogP contribution in [0.3, 0.4) is 0 Å². The van der Waals surface area contributed by atoms with E-state index in [-0.39, 0.29) is 29.7 Å². The number of aromatic nitrogens is 2. The number of carbonyl (C=O) groups excluding carboxylic acids is 2. The van der Waals surface area contributed by atoms with Crippen molar-refractivity contribution < 1.29 is 14.3 Å². The van der Waals surface area contributed by atoms with Crippen LogP contribution < -0.4 is 10.9 Å². The number of hydrogen-bond donors (Lipinski definition) is 1. The Kier molecular flexibility index (Phi) is 6.13. The molecule has 1 aromatic carbocycles. The van der Waals surface area contributed by atoms with E-state index in [0.29, 0.717) is 29.2 Å². The van der Waals surface area contributed by atoms with E-state index >= 15 is 0 Å². The zero-order valence-electron chi connectivity index (χ0n) is 15.8. The molecular weight excluding hydrogens is 334 g/mol. The van der Waals surface area contributed by atoms with Crippen molar-refractivity contribution in [3.63, 3.8) is 0 Å². The molecule has 0 aliphatic carbocycles. The molecule has 0 bridgehead atoms. The van der Waals surface area contributed by atoms with Crippen LogP contribution in [0.4, 0.5) is 0 Å². The summed E-state index contributed by atoms with van der Waals surface area (Å²) in [6.07, 6.45) is 0. The van der Waals surface area contributed by atoms with Crippen molar-refractivity contribution in [3.05, 3.63) is 39.8 Å². The molecule has 0 aliphatic rings. The predicted octanol–water partition coefficient (Wildman–Crippen LogP) is 2.04. The maximum Gasteiger partial charge on any atom is 0.338 e. The Morgan fingerprint density at radius 1 is 1.27 bits per heavy atom. The zero-order chi connectivity index (χ0) is 19.4. The second kappa shape index (κ2) is 8.12. The number of esters is 1. The molecule has 1 atom stereocenters. The summed E-state index contributed by atoms with van der Waals surface area (Å²) in [6, 6.07) is 4.82. The van der Waals surface area contributed by atoms with E-state index in [1.165, 1.54) is 0 Å². The van der Waals surface area contributed by atoms with Crippen LogP contribution in [0.25, 0.3) is 11.0 Å². The lowest BCUT2D eigenvalue weighted by atomic mass is 10.1. The van der Waals surface area contributed by atoms with Crippen LogP contribution in [0.5, 0.6) is 0 Å². The summed E-state index contributed by atoms with van der Waals surface area (Å²) < 4.78 is 6.69. The second-order valence-electron chi connectivity index (χ2n) is 6.63. The average Bonchev–Trinajstić information content (AvgIpc) is 2.60. The quantitative estimate of drug-likeness (QED) is 0.797. The Hall–Kier alpha value is -2.70. The minimum Gasteiger partial charge on any atom is -0.452 e. The molecule has 140 valence electrons. The summed E-state index contributed by atoms with van der Waals surface area (Å²) in [6.45, 7) is 9.58. The molecule has 0 unspecified atom stereocenters. The van der Waals surface area contributed by atoms with Crippen LogP contribution in [0.1, 0.15) is 43.7 Å². The number of amides is 1. The van der Waals surface area contributed by atoms with E-state index in [2.05, 4.69) is 10.3 Å². The number of ether oxygens (including phenoxy) is 1. The summed E-state index contributed by atoms with van der Waals surface area (Å²) in [4.78, 5) is 40.4. The zero-order valence-corrected chi connectivity index (χ0v) is 15.8. The van der Waals surface area contributed by atoms with Crippen molar-refractivity contribution in [1.29, 1.82) is 0 Å². The first kappa shape index (κ1) is 19.6. The van der Waals surface area contributed by atoms with Crippen molar-refractivity contribution in [2.24, 2.45) is 5.92 Å². The number of benzene rings is 1. The van der Waals surface area contributed by atoms with Crippen LogP contribution in [0.2, 0.25) is 0 Å². The van der Waals surface area contributed by atoms with Crippen molar-refractivity contribution in [2.45, 2.75) is 47.2 Å². The van der Waals surface area contributed by atoms with Gasteiger partial charge in [0.15, 0.2) is 6.61 Å². The normalized spacial score (nSPS) is 12.2. The van der Waals surface area contributed by atoms with E-state index in [0.717, 1.165) is 0 Å². The number of aryl methyl sites for hydroxylation is 2. The Morgan fingerprint density at radius 3 is 2.58 bits per heavy atom. The smallest absolute Gasteiger partial charge is 0.338 e. The number of rotatable bonds is 6. The molecule has 2 aromatic rings. The van der Waals surface area contributed by atoms with Gasteiger partial charge in [-0.2, -0.15) is 0 Å². The Labute approximate surface area is 152 Å². The van der Waals surface area contributed by atoms with E-state index < -0.39 is 5.97 Å². The van der Waals surface area contributed by atoms with Gasteiger partial charge in [0.05, 0.1) is 16.6 Å². The van der Waals surface area contributed by atoms with Crippen LogP contribution in [0.15, 0.2) is 23.0 Å². The van der Waals surface area contributed by atoms with Crippen LogP contribution in [-0.2, 0) is 16.1 Å². The summed E-state index contributed by atoms with van der Waals surface area (Å²) >= 11 is 0. The first-order valence-corrected chi connectivity index (χ1v) is 8.72. The highest BCUT2D eigenvalue weighted by molar-refractivity contribution is 5.94. The SMILES string of the molecule is CCn1c(=O)c(C)nc2cc(C(=O)OCC(=O)N[C@H](C)C(C)C)ccc21. The molecule has 0 saturated heterocycles. The molecule has 1 aromatic heterocycles. The lowest BCUT2D eigenvalue weighted by Gasteiger charge is -2.17. The summed E-state index contributed by atoms with van der Waals surface area (Å²) in [5.41, 5.74) is 1.70. The van der Waals surface area contributed by atoms with Gasteiger partial charge in [-0.1, -0.05) is 13.8 Å². The van der Waals surface area contributed by atoms with Gasteiger partial charge in [-0.3, -0.25) is 9.59 Å². The van der Waals surface area contributed by atoms with Crippen molar-refractivity contribution in [3.8, 4) is 0 Å². The molecule has 0 radical (unpaired) electrons. The highest BCUT2D eigenvalue weighted by Crippen LogP contribution is 2.14. The standard InChI is InChI=1S/C19H25N3O4/c1-6-22-16-8-7-14(9-15(16)20-13(5)18(22)24)19(25)26-10-17(23)21-12(4)11(2)3/h7-9,11-12H,6,10H2,1-5H3,(H,21,23)/t12-/m1/s1. The maximum absolute atomic E-state index is 12.2. The van der Waals surface area contributed by atoms with Gasteiger partial charge in [0.2, 0.25) is 0 Å². The molecule has 0 aliphatic heterocycles. The molecule has 0 spiro atoms. The predicted molar refractivity (Wildman–Crippen MR) is 99.1 cm³/mol. The highest BCUT2D eigenvalue weighted by atomic mass is 16.5. The minimum atomic E-state index is -0.604. The molecule has 7 nitrogen and oxygen atoms in total. The van der Waals surface area contributed by atoms with Gasteiger partial charge in [0.25, 0.3) is 11.5 Å². The molecule has 26 heavy (non-hydrogen) atoms. The van der Waals surface area contributed by atoms with E-state index in [1.54, 1.807) is 29.7 Å². The third-order valence-electron chi connectivity index (χ3n) is 4.38. The third-order valence-corrected chi connectivity index (χ3v) is 4.38. The van der Waals surface area contributed by atoms with E-state index in [9.17, 15) is 14.4 Å². The molecule has 1 amide bonds. The fourth-order valence-corrected chi connectivity index (χ4v) is 2.49. The average molecular weight is 359 g/mol. The Balaban J connectivity index is 2.15. The fourth-order valence-electron chi connectivity index (χ4n) is 2.49. The summed E-state index contributed by atoms with van der Waals surface area (Å²) in [5, 5.41) is 2.78. The summed E-state index contributed by atoms with van der Waals surface area (Å²) in [5.74, 6) is -0.650. The van der Waals surface area contributed by atoms with Crippen LogP contribution >= 0.6 is 0 Å². The van der Waals surface area contributed by atoms with Gasteiger partial charge >= 0.3 is 5.97 Å². The topological polar surface area (TPSA) is 90.3 Å². The molecule has 2 rings (SSSR count). The van der Waals surface area contributed by atoms with Crippen LogP contribution in [-0.4, -0.2) is 34.1 Å². The lowest BCUT2D eigenvalue weighted by Crippen LogP contribution is -2.38. The first-order valence-electron chi connectivity index (χ1n) is 8.72. The van der Waals surface area contributed by atoms with Gasteiger partial charge in [-0.05, 0) is 44.9 Å². The first-order chi connectivity index (χ1) is 12.2. The molecule has 0 fully saturated rings. The molecule has 1 N–H and O–H groups in total. The Bertz CT molecular complexity index is 886. The molecule has 0 saturated carbocycles. The van der Waals surface area contributed by atoms with Gasteiger partial charge in [-0.25, -0.2) is 9.78 Å². The number of nitrogens with zero attached hydrogens (tertiary/aromatic N) is 2. The number of fused-ring (bicyclic) bond motifs is 1. The lowest BCUT2D eigenvalue weighted by molar-refractivity contribution is -0.125. The van der Waals surface area contributed by atoms with Crippen LogP contribution in [0, 0.1) is 12.8 Å². The molecule has 1 heterocycles. The van der Waals surface area contributed by atoms with Gasteiger partial charge < -0.3 is 14.6 Å².